The van der Waals surface area contributed by atoms with E-state index >= 15 is 0 Å². The molecule has 0 aliphatic rings. The number of benzene rings is 1. The number of para-hydroxylation sites is 1. The normalized spacial score (nSPS) is 8.95. The van der Waals surface area contributed by atoms with Gasteiger partial charge in [0.25, 0.3) is 0 Å². The smallest absolute Gasteiger partial charge is 0.500 e. The molecule has 3 amide bonds. The molecule has 0 bridgehead atoms. The van der Waals surface area contributed by atoms with Gasteiger partial charge in [-0.05, 0) is 7.05 Å². The third kappa shape index (κ3) is 8.43. The van der Waals surface area contributed by atoms with Crippen molar-refractivity contribution >= 4 is 38.3 Å². The Hall–Kier alpha value is -0.740. The summed E-state index contributed by atoms with van der Waals surface area (Å²) in [6, 6.07) is 8.73. The molecule has 0 spiro atoms. The molecule has 20 heavy (non-hydrogen) atoms. The van der Waals surface area contributed by atoms with Crippen molar-refractivity contribution < 1.29 is 43.9 Å². The van der Waals surface area contributed by atoms with Crippen LogP contribution in [0.15, 0.2) is 18.2 Å². The third-order valence-corrected chi connectivity index (χ3v) is 2.94. The molecule has 1 atom stereocenters. The molecule has 0 aliphatic heterocycles. The number of imide groups is 1. The summed E-state index contributed by atoms with van der Waals surface area (Å²) in [5, 5.41) is 2.93. The van der Waals surface area contributed by atoms with Crippen LogP contribution in [0.5, 0.6) is 0 Å². The number of carbonyl (C=O) groups excluding carboxylic acids is 3. The minimum Gasteiger partial charge on any atom is -0.500 e. The molecule has 1 aromatic rings. The Bertz CT molecular complexity index is 430. The van der Waals surface area contributed by atoms with Crippen LogP contribution in [0.25, 0.3) is 0 Å². The Morgan fingerprint density at radius 2 is 2.20 bits per heavy atom. The van der Waals surface area contributed by atoms with Gasteiger partial charge in [-0.1, -0.05) is 6.66 Å². The minimum atomic E-state index is -0.407. The molecule has 0 aromatic heterocycles. The first-order chi connectivity index (χ1) is 9.10. The number of nitrogens with zero attached hydrogens (tertiary/aromatic N) is 1. The summed E-state index contributed by atoms with van der Waals surface area (Å²) in [7, 11) is 2.36. The molecule has 7 heteroatoms. The molecule has 0 heterocycles. The molecule has 0 saturated carbocycles. The molecule has 1 rings (SSSR count). The van der Waals surface area contributed by atoms with E-state index < -0.39 is 5.91 Å². The molecule has 1 aromatic carbocycles. The van der Waals surface area contributed by atoms with Crippen molar-refractivity contribution in [1.29, 1.82) is 0 Å². The summed E-state index contributed by atoms with van der Waals surface area (Å²) in [6.45, 7) is 5.29. The third-order valence-electron chi connectivity index (χ3n) is 1.99. The van der Waals surface area contributed by atoms with E-state index in [2.05, 4.69) is 19.7 Å². The van der Waals surface area contributed by atoms with E-state index in [0.29, 0.717) is 8.58 Å². The van der Waals surface area contributed by atoms with Gasteiger partial charge in [0.05, 0.1) is 12.8 Å². The van der Waals surface area contributed by atoms with Crippen molar-refractivity contribution in [1.82, 2.24) is 5.32 Å². The zero-order valence-electron chi connectivity index (χ0n) is 11.8. The van der Waals surface area contributed by atoms with Crippen LogP contribution in [-0.4, -0.2) is 32.4 Å². The second-order valence-corrected chi connectivity index (χ2v) is 4.27. The van der Waals surface area contributed by atoms with Gasteiger partial charge in [-0.15, -0.1) is 0 Å². The van der Waals surface area contributed by atoms with E-state index in [0.717, 1.165) is 11.0 Å². The Kier molecular flexibility index (Phi) is 14.3. The van der Waals surface area contributed by atoms with E-state index in [4.69, 9.17) is 0 Å². The van der Waals surface area contributed by atoms with E-state index in [1.165, 1.54) is 11.3 Å². The van der Waals surface area contributed by atoms with Gasteiger partial charge in [0, 0.05) is 5.91 Å². The van der Waals surface area contributed by atoms with Crippen LogP contribution in [0.1, 0.15) is 6.42 Å². The summed E-state index contributed by atoms with van der Waals surface area (Å²) >= 11 is 0. The number of hydrogen-bond acceptors (Lipinski definition) is 3. The SMILES string of the molecule is CPc1ccc[c-]c1N(C)[C-]=O.[CH2-]CC(=O)N[C-]=O.[Na+]. The largest absolute Gasteiger partial charge is 1.00 e. The van der Waals surface area contributed by atoms with Crippen LogP contribution in [0.3, 0.4) is 0 Å². The van der Waals surface area contributed by atoms with Gasteiger partial charge in [0.15, 0.2) is 0 Å². The number of hydrogen-bond donors (Lipinski definition) is 1. The number of rotatable bonds is 5. The van der Waals surface area contributed by atoms with Crippen LogP contribution >= 0.6 is 8.58 Å². The monoisotopic (exact) mass is 301 g/mol. The zero-order valence-corrected chi connectivity index (χ0v) is 14.8. The molecular formula is C13H15N2NaO3P-3. The molecule has 0 radical (unpaired) electrons. The first-order valence-corrected chi connectivity index (χ1v) is 6.85. The maximum atomic E-state index is 10.4. The summed E-state index contributed by atoms with van der Waals surface area (Å²) in [5.41, 5.74) is 0.827. The maximum Gasteiger partial charge on any atom is 1.00 e. The zero-order chi connectivity index (χ0) is 14.7. The van der Waals surface area contributed by atoms with E-state index in [-0.39, 0.29) is 36.0 Å². The second-order valence-electron chi connectivity index (χ2n) is 3.23. The van der Waals surface area contributed by atoms with Crippen LogP contribution in [0.2, 0.25) is 0 Å². The van der Waals surface area contributed by atoms with Gasteiger partial charge >= 0.3 is 29.6 Å². The van der Waals surface area contributed by atoms with Gasteiger partial charge in [-0.2, -0.15) is 38.5 Å². The topological polar surface area (TPSA) is 66.5 Å². The van der Waals surface area contributed by atoms with Crippen molar-refractivity contribution in [2.75, 3.05) is 18.6 Å². The Morgan fingerprint density at radius 1 is 1.55 bits per heavy atom. The minimum absolute atomic E-state index is 0. The van der Waals surface area contributed by atoms with Crippen molar-refractivity contribution in [2.24, 2.45) is 0 Å². The van der Waals surface area contributed by atoms with Gasteiger partial charge in [-0.3, -0.25) is 6.07 Å². The van der Waals surface area contributed by atoms with E-state index in [1.54, 1.807) is 18.4 Å². The number of nitrogens with one attached hydrogen (secondary N) is 1. The Balaban J connectivity index is 0. The first kappa shape index (κ1) is 21.6. The van der Waals surface area contributed by atoms with Crippen molar-refractivity contribution in [3.05, 3.63) is 31.2 Å². The summed E-state index contributed by atoms with van der Waals surface area (Å²) in [6.07, 6.45) is 3.12. The van der Waals surface area contributed by atoms with Crippen LogP contribution in [-0.2, 0) is 14.4 Å². The second kappa shape index (κ2) is 13.3. The van der Waals surface area contributed by atoms with Crippen molar-refractivity contribution in [3.8, 4) is 0 Å². The van der Waals surface area contributed by atoms with Gasteiger partial charge in [0.2, 0.25) is 0 Å². The molecule has 104 valence electrons. The van der Waals surface area contributed by atoms with Gasteiger partial charge < -0.3 is 31.5 Å². The molecule has 5 nitrogen and oxygen atoms in total. The maximum absolute atomic E-state index is 10.4. The molecule has 0 aliphatic carbocycles. The summed E-state index contributed by atoms with van der Waals surface area (Å²) in [5.74, 6) is -0.407. The average Bonchev–Trinajstić information content (AvgIpc) is 2.47. The molecule has 1 N–H and O–H groups in total. The first-order valence-electron chi connectivity index (χ1n) is 5.35. The molecule has 0 fully saturated rings. The number of amides is 3. The predicted molar refractivity (Wildman–Crippen MR) is 77.1 cm³/mol. The number of anilines is 1. The van der Waals surface area contributed by atoms with Crippen molar-refractivity contribution in [3.63, 3.8) is 0 Å². The molecule has 0 saturated heterocycles. The van der Waals surface area contributed by atoms with Gasteiger partial charge in [-0.25, -0.2) is 5.69 Å². The van der Waals surface area contributed by atoms with E-state index in [9.17, 15) is 14.4 Å². The molecular weight excluding hydrogens is 286 g/mol. The Labute approximate surface area is 143 Å². The number of carbonyl (C=O) groups is 1. The van der Waals surface area contributed by atoms with Crippen LogP contribution < -0.4 is 45.1 Å². The fourth-order valence-corrected chi connectivity index (χ4v) is 1.81. The molecule has 1 unspecified atom stereocenters. The average molecular weight is 301 g/mol. The summed E-state index contributed by atoms with van der Waals surface area (Å²) < 4.78 is 0. The van der Waals surface area contributed by atoms with Crippen molar-refractivity contribution in [2.45, 2.75) is 6.42 Å². The summed E-state index contributed by atoms with van der Waals surface area (Å²) in [4.78, 5) is 31.0. The van der Waals surface area contributed by atoms with Crippen LogP contribution in [0.4, 0.5) is 5.69 Å². The quantitative estimate of drug-likeness (QED) is 0.279. The fourth-order valence-electron chi connectivity index (χ4n) is 1.07. The fraction of sp³-hybridized carbons (Fsp3) is 0.231. The van der Waals surface area contributed by atoms with E-state index in [1.807, 2.05) is 18.5 Å². The standard InChI is InChI=1S/C9H10NOP.C4H5NO2.Na/c1-10(7-11)8-5-3-4-6-9(8)12-2;1-2-4(7)5-3-6;/h3-4,6,12H,1-2H3;1-2H2,(H,5,6,7);/q2*-2;+1. The van der Waals surface area contributed by atoms with Crippen LogP contribution in [0, 0.1) is 13.0 Å². The Morgan fingerprint density at radius 3 is 2.60 bits per heavy atom. The van der Waals surface area contributed by atoms with Gasteiger partial charge in [0.1, 0.15) is 0 Å². The predicted octanol–water partition coefficient (Wildman–Crippen LogP) is -2.68.